The number of methoxy groups -OCH3 is 1. The number of ether oxygens (including phenoxy) is 1. The van der Waals surface area contributed by atoms with Crippen molar-refractivity contribution in [3.63, 3.8) is 0 Å². The third-order valence-corrected chi connectivity index (χ3v) is 6.33. The second-order valence-corrected chi connectivity index (χ2v) is 8.04. The molecule has 1 N–H and O–H groups in total. The van der Waals surface area contributed by atoms with Crippen LogP contribution in [-0.4, -0.2) is 36.8 Å². The molecular weight excluding hydrogens is 336 g/mol. The van der Waals surface area contributed by atoms with E-state index < -0.39 is 10.0 Å². The lowest BCUT2D eigenvalue weighted by molar-refractivity contribution is 0.118. The van der Waals surface area contributed by atoms with Gasteiger partial charge in [0.1, 0.15) is 11.6 Å². The van der Waals surface area contributed by atoms with Crippen molar-refractivity contribution in [2.45, 2.75) is 45.2 Å². The van der Waals surface area contributed by atoms with E-state index in [1.807, 2.05) is 6.20 Å². The molecule has 128 valence electrons. The van der Waals surface area contributed by atoms with Crippen LogP contribution in [0.5, 0.6) is 0 Å². The van der Waals surface area contributed by atoms with Crippen molar-refractivity contribution < 1.29 is 13.2 Å². The Morgan fingerprint density at radius 3 is 2.74 bits per heavy atom. The topological polar surface area (TPSA) is 86.1 Å². The standard InChI is InChI=1S/C14H22N4O3S2/c1-5-12-8-15-13(22-12)6-7-16-23(19,20)14-10(2)17-18(9-21-4)11(14)3/h8,16H,5-7,9H2,1-4H3. The summed E-state index contributed by atoms with van der Waals surface area (Å²) in [7, 11) is -2.06. The van der Waals surface area contributed by atoms with Crippen LogP contribution in [0.15, 0.2) is 11.1 Å². The molecule has 2 rings (SSSR count). The van der Waals surface area contributed by atoms with Crippen molar-refractivity contribution in [1.82, 2.24) is 19.5 Å². The number of sulfonamides is 1. The van der Waals surface area contributed by atoms with E-state index >= 15 is 0 Å². The Morgan fingerprint density at radius 1 is 1.39 bits per heavy atom. The van der Waals surface area contributed by atoms with Crippen LogP contribution in [-0.2, 0) is 34.3 Å². The first-order chi connectivity index (χ1) is 10.9. The highest BCUT2D eigenvalue weighted by Gasteiger charge is 2.24. The van der Waals surface area contributed by atoms with E-state index in [9.17, 15) is 8.42 Å². The summed E-state index contributed by atoms with van der Waals surface area (Å²) in [5, 5.41) is 5.15. The van der Waals surface area contributed by atoms with Crippen LogP contribution in [0.3, 0.4) is 0 Å². The van der Waals surface area contributed by atoms with Crippen LogP contribution < -0.4 is 4.72 Å². The molecule has 0 aromatic carbocycles. The van der Waals surface area contributed by atoms with Crippen LogP contribution in [0.2, 0.25) is 0 Å². The molecular formula is C14H22N4O3S2. The number of hydrogen-bond donors (Lipinski definition) is 1. The molecule has 9 heteroatoms. The third-order valence-electron chi connectivity index (χ3n) is 3.42. The number of nitrogens with zero attached hydrogens (tertiary/aromatic N) is 3. The van der Waals surface area contributed by atoms with Crippen LogP contribution in [0, 0.1) is 13.8 Å². The summed E-state index contributed by atoms with van der Waals surface area (Å²) in [5.74, 6) is 0. The number of aromatic nitrogens is 3. The minimum absolute atomic E-state index is 0.223. The van der Waals surface area contributed by atoms with Crippen molar-refractivity contribution in [2.24, 2.45) is 0 Å². The number of rotatable bonds is 8. The quantitative estimate of drug-likeness (QED) is 0.775. The van der Waals surface area contributed by atoms with E-state index in [1.165, 1.54) is 9.56 Å². The molecule has 2 aromatic heterocycles. The van der Waals surface area contributed by atoms with E-state index in [4.69, 9.17) is 4.74 Å². The lowest BCUT2D eigenvalue weighted by atomic mass is 10.4. The number of thiazole rings is 1. The van der Waals surface area contributed by atoms with Crippen LogP contribution in [0.4, 0.5) is 0 Å². The highest BCUT2D eigenvalue weighted by molar-refractivity contribution is 7.89. The highest BCUT2D eigenvalue weighted by atomic mass is 32.2. The molecule has 0 saturated heterocycles. The summed E-state index contributed by atoms with van der Waals surface area (Å²) in [6.07, 6.45) is 3.37. The van der Waals surface area contributed by atoms with Gasteiger partial charge in [-0.1, -0.05) is 6.92 Å². The smallest absolute Gasteiger partial charge is 0.244 e. The van der Waals surface area contributed by atoms with Gasteiger partial charge in [0.05, 0.1) is 16.4 Å². The molecule has 0 aliphatic rings. The third kappa shape index (κ3) is 4.17. The van der Waals surface area contributed by atoms with Gasteiger partial charge in [0.2, 0.25) is 10.0 Å². The Kier molecular flexibility index (Phi) is 5.90. The molecule has 0 fully saturated rings. The second-order valence-electron chi connectivity index (χ2n) is 5.14. The fraction of sp³-hybridized carbons (Fsp3) is 0.571. The molecule has 0 radical (unpaired) electrons. The molecule has 0 atom stereocenters. The fourth-order valence-corrected chi connectivity index (χ4v) is 4.61. The minimum Gasteiger partial charge on any atom is -0.362 e. The van der Waals surface area contributed by atoms with Gasteiger partial charge in [-0.3, -0.25) is 0 Å². The maximum Gasteiger partial charge on any atom is 0.244 e. The largest absolute Gasteiger partial charge is 0.362 e. The van der Waals surface area contributed by atoms with Crippen LogP contribution >= 0.6 is 11.3 Å². The molecule has 0 saturated carbocycles. The van der Waals surface area contributed by atoms with Gasteiger partial charge in [-0.2, -0.15) is 5.10 Å². The van der Waals surface area contributed by atoms with E-state index in [2.05, 4.69) is 21.7 Å². The zero-order chi connectivity index (χ0) is 17.0. The summed E-state index contributed by atoms with van der Waals surface area (Å²) in [5.41, 5.74) is 1.04. The maximum absolute atomic E-state index is 12.5. The van der Waals surface area contributed by atoms with Crippen molar-refractivity contribution in [2.75, 3.05) is 13.7 Å². The zero-order valence-electron chi connectivity index (χ0n) is 13.8. The molecule has 0 aliphatic carbocycles. The van der Waals surface area contributed by atoms with Crippen molar-refractivity contribution in [3.05, 3.63) is 27.5 Å². The van der Waals surface area contributed by atoms with E-state index in [0.29, 0.717) is 24.4 Å². The second kappa shape index (κ2) is 7.52. The number of aryl methyl sites for hydroxylation is 2. The summed E-state index contributed by atoms with van der Waals surface area (Å²) in [6, 6.07) is 0. The SMILES string of the molecule is CCc1cnc(CCNS(=O)(=O)c2c(C)nn(COC)c2C)s1. The van der Waals surface area contributed by atoms with Gasteiger partial charge < -0.3 is 4.74 Å². The summed E-state index contributed by atoms with van der Waals surface area (Å²) in [4.78, 5) is 5.72. The van der Waals surface area contributed by atoms with Crippen LogP contribution in [0.25, 0.3) is 0 Å². The monoisotopic (exact) mass is 358 g/mol. The van der Waals surface area contributed by atoms with Gasteiger partial charge in [-0.15, -0.1) is 11.3 Å². The summed E-state index contributed by atoms with van der Waals surface area (Å²) in [6.45, 7) is 6.02. The van der Waals surface area contributed by atoms with Crippen molar-refractivity contribution in [1.29, 1.82) is 0 Å². The molecule has 0 aliphatic heterocycles. The molecule has 2 heterocycles. The van der Waals surface area contributed by atoms with Gasteiger partial charge >= 0.3 is 0 Å². The zero-order valence-corrected chi connectivity index (χ0v) is 15.4. The van der Waals surface area contributed by atoms with Gasteiger partial charge in [0, 0.05) is 31.1 Å². The first-order valence-electron chi connectivity index (χ1n) is 7.35. The maximum atomic E-state index is 12.5. The number of nitrogens with one attached hydrogen (secondary N) is 1. The molecule has 0 unspecified atom stereocenters. The van der Waals surface area contributed by atoms with Crippen LogP contribution in [0.1, 0.15) is 28.2 Å². The summed E-state index contributed by atoms with van der Waals surface area (Å²) >= 11 is 1.62. The van der Waals surface area contributed by atoms with Crippen molar-refractivity contribution in [3.8, 4) is 0 Å². The highest BCUT2D eigenvalue weighted by Crippen LogP contribution is 2.19. The van der Waals surface area contributed by atoms with E-state index in [1.54, 1.807) is 32.3 Å². The Morgan fingerprint density at radius 2 is 2.13 bits per heavy atom. The Bertz CT molecular complexity index is 765. The van der Waals surface area contributed by atoms with Gasteiger partial charge in [0.15, 0.2) is 0 Å². The predicted molar refractivity (Wildman–Crippen MR) is 89.1 cm³/mol. The van der Waals surface area contributed by atoms with E-state index in [-0.39, 0.29) is 11.6 Å². The van der Waals surface area contributed by atoms with Gasteiger partial charge in [0.25, 0.3) is 0 Å². The Hall–Kier alpha value is -1.29. The average molecular weight is 358 g/mol. The van der Waals surface area contributed by atoms with Gasteiger partial charge in [-0.05, 0) is 20.3 Å². The molecule has 0 amide bonds. The van der Waals surface area contributed by atoms with E-state index in [0.717, 1.165) is 11.4 Å². The lowest BCUT2D eigenvalue weighted by Gasteiger charge is -2.07. The minimum atomic E-state index is -3.60. The Balaban J connectivity index is 2.07. The summed E-state index contributed by atoms with van der Waals surface area (Å²) < 4.78 is 34.2. The molecule has 7 nitrogen and oxygen atoms in total. The lowest BCUT2D eigenvalue weighted by Crippen LogP contribution is -2.27. The first-order valence-corrected chi connectivity index (χ1v) is 9.65. The molecule has 23 heavy (non-hydrogen) atoms. The molecule has 0 spiro atoms. The first kappa shape index (κ1) is 18.1. The number of hydrogen-bond acceptors (Lipinski definition) is 6. The average Bonchev–Trinajstić information content (AvgIpc) is 3.04. The Labute approximate surface area is 140 Å². The normalized spacial score (nSPS) is 12.0. The van der Waals surface area contributed by atoms with Crippen molar-refractivity contribution >= 4 is 21.4 Å². The predicted octanol–water partition coefficient (Wildman–Crippen LogP) is 1.64. The molecule has 0 bridgehead atoms. The fourth-order valence-electron chi connectivity index (χ4n) is 2.31. The van der Waals surface area contributed by atoms with Gasteiger partial charge in [-0.25, -0.2) is 22.8 Å². The molecule has 2 aromatic rings.